The number of alkyl halides is 2. The SMILES string of the molecule is CC(C(=O)NC(N)=O)N(CCO)CC(F)F. The van der Waals surface area contributed by atoms with Crippen molar-refractivity contribution in [1.29, 1.82) is 0 Å². The third kappa shape index (κ3) is 5.56. The summed E-state index contributed by atoms with van der Waals surface area (Å²) in [4.78, 5) is 22.7. The number of primary amides is 1. The molecule has 4 N–H and O–H groups in total. The fraction of sp³-hybridized carbons (Fsp3) is 0.750. The molecule has 1 unspecified atom stereocenters. The Hall–Kier alpha value is -1.28. The number of urea groups is 1. The number of aliphatic hydroxyl groups is 1. The number of aliphatic hydroxyl groups excluding tert-OH is 1. The van der Waals surface area contributed by atoms with Crippen molar-refractivity contribution in [3.8, 4) is 0 Å². The van der Waals surface area contributed by atoms with Crippen molar-refractivity contribution < 1.29 is 23.5 Å². The van der Waals surface area contributed by atoms with Crippen LogP contribution in [0.3, 0.4) is 0 Å². The molecule has 0 aromatic rings. The van der Waals surface area contributed by atoms with Gasteiger partial charge < -0.3 is 10.8 Å². The second kappa shape index (κ2) is 7.07. The molecular weight excluding hydrogens is 224 g/mol. The Balaban J connectivity index is 4.40. The predicted octanol–water partition coefficient (Wildman–Crippen LogP) is -0.871. The standard InChI is InChI=1S/C8H15F2N3O3/c1-5(7(15)12-8(11)16)13(2-3-14)4-6(9)10/h5-6,14H,2-4H2,1H3,(H3,11,12,15,16). The highest BCUT2D eigenvalue weighted by molar-refractivity contribution is 5.96. The molecule has 0 spiro atoms. The average molecular weight is 239 g/mol. The van der Waals surface area contributed by atoms with Crippen LogP contribution in [0.15, 0.2) is 0 Å². The lowest BCUT2D eigenvalue weighted by atomic mass is 10.2. The van der Waals surface area contributed by atoms with Gasteiger partial charge in [-0.3, -0.25) is 15.0 Å². The lowest BCUT2D eigenvalue weighted by molar-refractivity contribution is -0.125. The van der Waals surface area contributed by atoms with Crippen molar-refractivity contribution in [2.24, 2.45) is 5.73 Å². The van der Waals surface area contributed by atoms with Crippen LogP contribution in [-0.4, -0.2) is 54.1 Å². The van der Waals surface area contributed by atoms with E-state index in [9.17, 15) is 18.4 Å². The molecule has 0 rings (SSSR count). The number of halogens is 2. The Morgan fingerprint density at radius 3 is 2.44 bits per heavy atom. The molecule has 0 heterocycles. The van der Waals surface area contributed by atoms with Crippen LogP contribution in [0.2, 0.25) is 0 Å². The number of nitrogens with two attached hydrogens (primary N) is 1. The van der Waals surface area contributed by atoms with Gasteiger partial charge in [-0.25, -0.2) is 13.6 Å². The molecule has 0 aliphatic carbocycles. The number of nitrogens with zero attached hydrogens (tertiary/aromatic N) is 1. The van der Waals surface area contributed by atoms with Gasteiger partial charge in [-0.15, -0.1) is 0 Å². The van der Waals surface area contributed by atoms with Crippen molar-refractivity contribution in [3.05, 3.63) is 0 Å². The highest BCUT2D eigenvalue weighted by atomic mass is 19.3. The lowest BCUT2D eigenvalue weighted by Gasteiger charge is -2.26. The molecule has 1 atom stereocenters. The summed E-state index contributed by atoms with van der Waals surface area (Å²) in [5.41, 5.74) is 4.72. The number of carbonyl (C=O) groups is 2. The number of rotatable bonds is 6. The van der Waals surface area contributed by atoms with Crippen LogP contribution in [0.4, 0.5) is 13.6 Å². The minimum atomic E-state index is -2.63. The molecule has 0 aliphatic rings. The first-order valence-corrected chi connectivity index (χ1v) is 4.61. The van der Waals surface area contributed by atoms with Crippen molar-refractivity contribution >= 4 is 11.9 Å². The summed E-state index contributed by atoms with van der Waals surface area (Å²) in [6, 6.07) is -2.01. The van der Waals surface area contributed by atoms with Gasteiger partial charge in [0, 0.05) is 6.54 Å². The van der Waals surface area contributed by atoms with Crippen LogP contribution in [0.25, 0.3) is 0 Å². The molecule has 16 heavy (non-hydrogen) atoms. The van der Waals surface area contributed by atoms with E-state index in [2.05, 4.69) is 0 Å². The highest BCUT2D eigenvalue weighted by Crippen LogP contribution is 2.04. The number of amides is 3. The molecule has 0 bridgehead atoms. The van der Waals surface area contributed by atoms with E-state index in [4.69, 9.17) is 10.8 Å². The Kier molecular flexibility index (Phi) is 6.50. The normalized spacial score (nSPS) is 12.9. The molecule has 6 nitrogen and oxygen atoms in total. The summed E-state index contributed by atoms with van der Waals surface area (Å²) in [6.45, 7) is 0.239. The maximum Gasteiger partial charge on any atom is 0.318 e. The molecule has 0 aromatic heterocycles. The van der Waals surface area contributed by atoms with Crippen LogP contribution in [0, 0.1) is 0 Å². The molecule has 8 heteroatoms. The minimum Gasteiger partial charge on any atom is -0.395 e. The predicted molar refractivity (Wildman–Crippen MR) is 51.9 cm³/mol. The van der Waals surface area contributed by atoms with E-state index in [1.807, 2.05) is 0 Å². The largest absolute Gasteiger partial charge is 0.395 e. The zero-order chi connectivity index (χ0) is 12.7. The monoisotopic (exact) mass is 239 g/mol. The van der Waals surface area contributed by atoms with Crippen molar-refractivity contribution in [2.75, 3.05) is 19.7 Å². The van der Waals surface area contributed by atoms with Crippen LogP contribution < -0.4 is 11.1 Å². The summed E-state index contributed by atoms with van der Waals surface area (Å²) in [5.74, 6) is -0.776. The molecule has 3 amide bonds. The van der Waals surface area contributed by atoms with Gasteiger partial charge in [0.2, 0.25) is 5.91 Å². The van der Waals surface area contributed by atoms with Crippen molar-refractivity contribution in [1.82, 2.24) is 10.2 Å². The molecule has 0 aliphatic heterocycles. The van der Waals surface area contributed by atoms with E-state index in [1.165, 1.54) is 6.92 Å². The first kappa shape index (κ1) is 14.7. The average Bonchev–Trinajstić information content (AvgIpc) is 2.14. The van der Waals surface area contributed by atoms with Crippen molar-refractivity contribution in [2.45, 2.75) is 19.4 Å². The second-order valence-electron chi connectivity index (χ2n) is 3.14. The zero-order valence-electron chi connectivity index (χ0n) is 8.82. The first-order chi connectivity index (χ1) is 7.38. The zero-order valence-corrected chi connectivity index (χ0v) is 8.82. The smallest absolute Gasteiger partial charge is 0.318 e. The van der Waals surface area contributed by atoms with E-state index in [1.54, 1.807) is 5.32 Å². The van der Waals surface area contributed by atoms with E-state index in [-0.39, 0.29) is 13.2 Å². The maximum atomic E-state index is 12.1. The van der Waals surface area contributed by atoms with Gasteiger partial charge in [0.1, 0.15) is 0 Å². The van der Waals surface area contributed by atoms with Gasteiger partial charge in [-0.05, 0) is 6.92 Å². The van der Waals surface area contributed by atoms with E-state index in [0.717, 1.165) is 4.90 Å². The minimum absolute atomic E-state index is 0.0856. The van der Waals surface area contributed by atoms with Gasteiger partial charge in [0.05, 0.1) is 19.2 Å². The Bertz CT molecular complexity index is 251. The summed E-state index contributed by atoms with van der Waals surface area (Å²) < 4.78 is 24.3. The van der Waals surface area contributed by atoms with Gasteiger partial charge in [0.25, 0.3) is 6.43 Å². The van der Waals surface area contributed by atoms with E-state index >= 15 is 0 Å². The quantitative estimate of drug-likeness (QED) is 0.561. The number of carbonyl (C=O) groups excluding carboxylic acids is 2. The lowest BCUT2D eigenvalue weighted by Crippen LogP contribution is -2.50. The Morgan fingerprint density at radius 1 is 1.50 bits per heavy atom. The fourth-order valence-corrected chi connectivity index (χ4v) is 1.14. The van der Waals surface area contributed by atoms with Gasteiger partial charge in [-0.2, -0.15) is 0 Å². The Labute approximate surface area is 91.4 Å². The molecule has 0 saturated heterocycles. The maximum absolute atomic E-state index is 12.1. The Morgan fingerprint density at radius 2 is 2.06 bits per heavy atom. The number of hydrogen-bond acceptors (Lipinski definition) is 4. The van der Waals surface area contributed by atoms with Crippen LogP contribution in [0.1, 0.15) is 6.92 Å². The topological polar surface area (TPSA) is 95.7 Å². The second-order valence-corrected chi connectivity index (χ2v) is 3.14. The van der Waals surface area contributed by atoms with Crippen molar-refractivity contribution in [3.63, 3.8) is 0 Å². The number of hydrogen-bond donors (Lipinski definition) is 3. The fourth-order valence-electron chi connectivity index (χ4n) is 1.14. The third-order valence-electron chi connectivity index (χ3n) is 1.93. The number of nitrogens with one attached hydrogen (secondary N) is 1. The van der Waals surface area contributed by atoms with E-state index in [0.29, 0.717) is 0 Å². The van der Waals surface area contributed by atoms with Crippen LogP contribution in [0.5, 0.6) is 0 Å². The molecule has 0 saturated carbocycles. The summed E-state index contributed by atoms with van der Waals surface area (Å²) in [6.07, 6.45) is -2.63. The summed E-state index contributed by atoms with van der Waals surface area (Å²) in [5, 5.41) is 10.4. The van der Waals surface area contributed by atoms with Crippen LogP contribution in [-0.2, 0) is 4.79 Å². The molecule has 94 valence electrons. The molecular formula is C8H15F2N3O3. The highest BCUT2D eigenvalue weighted by Gasteiger charge is 2.24. The number of imide groups is 1. The first-order valence-electron chi connectivity index (χ1n) is 4.61. The molecule has 0 aromatic carbocycles. The van der Waals surface area contributed by atoms with Gasteiger partial charge in [0.15, 0.2) is 0 Å². The third-order valence-corrected chi connectivity index (χ3v) is 1.93. The van der Waals surface area contributed by atoms with Gasteiger partial charge in [-0.1, -0.05) is 0 Å². The molecule has 0 radical (unpaired) electrons. The summed E-state index contributed by atoms with van der Waals surface area (Å²) in [7, 11) is 0. The van der Waals surface area contributed by atoms with Gasteiger partial charge >= 0.3 is 6.03 Å². The molecule has 0 fully saturated rings. The van der Waals surface area contributed by atoms with E-state index < -0.39 is 31.0 Å². The summed E-state index contributed by atoms with van der Waals surface area (Å²) >= 11 is 0. The van der Waals surface area contributed by atoms with Crippen LogP contribution >= 0.6 is 0 Å².